The molecular weight excluding hydrogens is 337 g/mol. The maximum Gasteiger partial charge on any atom is 0.336 e. The first-order valence-electron chi connectivity index (χ1n) is 4.65. The Morgan fingerprint density at radius 3 is 2.82 bits per heavy atom. The van der Waals surface area contributed by atoms with Gasteiger partial charge in [0, 0.05) is 6.20 Å². The van der Waals surface area contributed by atoms with E-state index >= 15 is 0 Å². The molecule has 0 spiro atoms. The van der Waals surface area contributed by atoms with Gasteiger partial charge in [-0.2, -0.15) is 5.10 Å². The number of hydrogen-bond acceptors (Lipinski definition) is 4. The summed E-state index contributed by atoms with van der Waals surface area (Å²) in [6, 6.07) is 4.87. The van der Waals surface area contributed by atoms with Crippen molar-refractivity contribution in [2.24, 2.45) is 0 Å². The lowest BCUT2D eigenvalue weighted by Gasteiger charge is -2.06. The number of para-hydroxylation sites is 1. The molecule has 0 atom stereocenters. The summed E-state index contributed by atoms with van der Waals surface area (Å²) >= 11 is 2.09. The standard InChI is InChI=1S/C10H8IN3O3/c1-17-9-4-2-3-8(10(9)14(15)16)13-6-7(11)5-12-13/h2-6H,1H3. The van der Waals surface area contributed by atoms with E-state index in [4.69, 9.17) is 4.74 Å². The highest BCUT2D eigenvalue weighted by atomic mass is 127. The number of aromatic nitrogens is 2. The fraction of sp³-hybridized carbons (Fsp3) is 0.100. The predicted molar refractivity (Wildman–Crippen MR) is 69.5 cm³/mol. The number of hydrogen-bond donors (Lipinski definition) is 0. The summed E-state index contributed by atoms with van der Waals surface area (Å²) in [5.41, 5.74) is 0.298. The molecule has 0 saturated heterocycles. The van der Waals surface area contributed by atoms with Gasteiger partial charge in [-0.3, -0.25) is 10.1 Å². The first-order chi connectivity index (χ1) is 8.13. The van der Waals surface area contributed by atoms with Crippen molar-refractivity contribution in [2.75, 3.05) is 7.11 Å². The van der Waals surface area contributed by atoms with Crippen LogP contribution in [0.25, 0.3) is 5.69 Å². The molecule has 1 aromatic heterocycles. The Labute approximate surface area is 110 Å². The van der Waals surface area contributed by atoms with Crippen molar-refractivity contribution in [1.29, 1.82) is 0 Å². The zero-order chi connectivity index (χ0) is 12.4. The Bertz CT molecular complexity index is 568. The molecule has 0 saturated carbocycles. The van der Waals surface area contributed by atoms with Gasteiger partial charge in [-0.05, 0) is 34.7 Å². The van der Waals surface area contributed by atoms with E-state index in [0.717, 1.165) is 3.57 Å². The van der Waals surface area contributed by atoms with Crippen LogP contribution in [0.1, 0.15) is 0 Å². The van der Waals surface area contributed by atoms with Crippen molar-refractivity contribution in [2.45, 2.75) is 0 Å². The minimum atomic E-state index is -0.470. The number of methoxy groups -OCH3 is 1. The number of ether oxygens (including phenoxy) is 1. The Morgan fingerprint density at radius 2 is 2.29 bits per heavy atom. The molecule has 0 aliphatic heterocycles. The van der Waals surface area contributed by atoms with Crippen LogP contribution in [0.2, 0.25) is 0 Å². The zero-order valence-corrected chi connectivity index (χ0v) is 11.0. The molecule has 1 aromatic carbocycles. The summed E-state index contributed by atoms with van der Waals surface area (Å²) < 4.78 is 7.35. The Morgan fingerprint density at radius 1 is 1.53 bits per heavy atom. The highest BCUT2D eigenvalue weighted by Crippen LogP contribution is 2.32. The minimum Gasteiger partial charge on any atom is -0.490 e. The monoisotopic (exact) mass is 345 g/mol. The van der Waals surface area contributed by atoms with E-state index < -0.39 is 4.92 Å². The van der Waals surface area contributed by atoms with Crippen molar-refractivity contribution < 1.29 is 9.66 Å². The number of nitrogens with zero attached hydrogens (tertiary/aromatic N) is 3. The van der Waals surface area contributed by atoms with Gasteiger partial charge >= 0.3 is 5.69 Å². The minimum absolute atomic E-state index is 0.0884. The number of benzene rings is 1. The van der Waals surface area contributed by atoms with E-state index in [1.807, 2.05) is 0 Å². The Balaban J connectivity index is 2.65. The maximum atomic E-state index is 11.1. The van der Waals surface area contributed by atoms with Gasteiger partial charge < -0.3 is 4.74 Å². The van der Waals surface area contributed by atoms with Crippen LogP contribution in [-0.2, 0) is 0 Å². The molecule has 0 fully saturated rings. The zero-order valence-electron chi connectivity index (χ0n) is 8.83. The van der Waals surface area contributed by atoms with E-state index in [9.17, 15) is 10.1 Å². The number of nitro groups is 1. The van der Waals surface area contributed by atoms with Crippen molar-refractivity contribution in [3.8, 4) is 11.4 Å². The lowest BCUT2D eigenvalue weighted by Crippen LogP contribution is -2.02. The summed E-state index contributed by atoms with van der Waals surface area (Å²) in [6.07, 6.45) is 3.34. The Hall–Kier alpha value is -1.64. The van der Waals surface area contributed by atoms with E-state index in [-0.39, 0.29) is 11.4 Å². The molecule has 0 radical (unpaired) electrons. The van der Waals surface area contributed by atoms with Gasteiger partial charge in [-0.25, -0.2) is 4.68 Å². The van der Waals surface area contributed by atoms with Gasteiger partial charge in [0.25, 0.3) is 0 Å². The van der Waals surface area contributed by atoms with Crippen LogP contribution < -0.4 is 4.74 Å². The molecule has 17 heavy (non-hydrogen) atoms. The largest absolute Gasteiger partial charge is 0.490 e. The number of rotatable bonds is 3. The molecule has 6 nitrogen and oxygen atoms in total. The maximum absolute atomic E-state index is 11.1. The van der Waals surface area contributed by atoms with Gasteiger partial charge in [0.05, 0.1) is 21.8 Å². The third-order valence-electron chi connectivity index (χ3n) is 2.18. The van der Waals surface area contributed by atoms with Gasteiger partial charge in [-0.1, -0.05) is 6.07 Å². The summed E-state index contributed by atoms with van der Waals surface area (Å²) in [5.74, 6) is 0.220. The van der Waals surface area contributed by atoms with E-state index in [1.165, 1.54) is 11.8 Å². The normalized spacial score (nSPS) is 10.2. The SMILES string of the molecule is COc1cccc(-n2cc(I)cn2)c1[N+](=O)[O-]. The Kier molecular flexibility index (Phi) is 3.27. The highest BCUT2D eigenvalue weighted by Gasteiger charge is 2.22. The van der Waals surface area contributed by atoms with E-state index in [0.29, 0.717) is 5.69 Å². The summed E-state index contributed by atoms with van der Waals surface area (Å²) in [5, 5.41) is 15.1. The van der Waals surface area contributed by atoms with Crippen molar-refractivity contribution in [1.82, 2.24) is 9.78 Å². The van der Waals surface area contributed by atoms with Gasteiger partial charge in [0.15, 0.2) is 5.75 Å². The van der Waals surface area contributed by atoms with Crippen molar-refractivity contribution >= 4 is 28.3 Å². The molecule has 0 amide bonds. The van der Waals surface area contributed by atoms with E-state index in [2.05, 4.69) is 27.7 Å². The molecule has 0 aliphatic carbocycles. The molecule has 1 heterocycles. The number of halogens is 1. The third kappa shape index (κ3) is 2.23. The fourth-order valence-electron chi connectivity index (χ4n) is 1.48. The molecule has 0 N–H and O–H groups in total. The second-order valence-corrected chi connectivity index (χ2v) is 4.43. The molecule has 0 unspecified atom stereocenters. The first kappa shape index (κ1) is 11.8. The van der Waals surface area contributed by atoms with Crippen LogP contribution in [0.15, 0.2) is 30.6 Å². The average Bonchev–Trinajstić information content (AvgIpc) is 2.74. The van der Waals surface area contributed by atoms with Crippen LogP contribution in [0.4, 0.5) is 5.69 Å². The first-order valence-corrected chi connectivity index (χ1v) is 5.73. The molecule has 2 rings (SSSR count). The van der Waals surface area contributed by atoms with Gasteiger partial charge in [-0.15, -0.1) is 0 Å². The average molecular weight is 345 g/mol. The van der Waals surface area contributed by atoms with Crippen molar-refractivity contribution in [3.63, 3.8) is 0 Å². The van der Waals surface area contributed by atoms with Crippen LogP contribution in [0, 0.1) is 13.7 Å². The molecule has 0 bridgehead atoms. The third-order valence-corrected chi connectivity index (χ3v) is 2.74. The molecule has 88 valence electrons. The fourth-order valence-corrected chi connectivity index (χ4v) is 1.86. The van der Waals surface area contributed by atoms with Crippen LogP contribution >= 0.6 is 22.6 Å². The lowest BCUT2D eigenvalue weighted by atomic mass is 10.2. The van der Waals surface area contributed by atoms with Crippen LogP contribution in [-0.4, -0.2) is 21.8 Å². The summed E-state index contributed by atoms with van der Waals surface area (Å²) in [7, 11) is 1.40. The predicted octanol–water partition coefficient (Wildman–Crippen LogP) is 2.39. The quantitative estimate of drug-likeness (QED) is 0.487. The molecular formula is C10H8IN3O3. The lowest BCUT2D eigenvalue weighted by molar-refractivity contribution is -0.385. The second-order valence-electron chi connectivity index (χ2n) is 3.19. The smallest absolute Gasteiger partial charge is 0.336 e. The topological polar surface area (TPSA) is 70.2 Å². The summed E-state index contributed by atoms with van der Waals surface area (Å²) in [4.78, 5) is 10.6. The molecule has 2 aromatic rings. The van der Waals surface area contributed by atoms with Crippen molar-refractivity contribution in [3.05, 3.63) is 44.3 Å². The summed E-state index contributed by atoms with van der Waals surface area (Å²) in [6.45, 7) is 0. The van der Waals surface area contributed by atoms with Gasteiger partial charge in [0.2, 0.25) is 0 Å². The second kappa shape index (κ2) is 4.70. The number of nitro benzene ring substituents is 1. The highest BCUT2D eigenvalue weighted by molar-refractivity contribution is 14.1. The van der Waals surface area contributed by atoms with Crippen LogP contribution in [0.3, 0.4) is 0 Å². The molecule has 7 heteroatoms. The van der Waals surface area contributed by atoms with Gasteiger partial charge in [0.1, 0.15) is 5.69 Å². The molecule has 0 aliphatic rings. The van der Waals surface area contributed by atoms with Crippen LogP contribution in [0.5, 0.6) is 5.75 Å². The van der Waals surface area contributed by atoms with E-state index in [1.54, 1.807) is 30.6 Å².